The van der Waals surface area contributed by atoms with Gasteiger partial charge in [0.1, 0.15) is 12.1 Å². The molecule has 4 rings (SSSR count). The van der Waals surface area contributed by atoms with Gasteiger partial charge in [-0.2, -0.15) is 0 Å². The molecule has 2 aliphatic heterocycles. The highest BCUT2D eigenvalue weighted by atomic mass is 16.2. The second kappa shape index (κ2) is 10.5. The van der Waals surface area contributed by atoms with Gasteiger partial charge in [-0.15, -0.1) is 6.58 Å². The fourth-order valence-electron chi connectivity index (χ4n) is 4.92. The molecule has 0 saturated carbocycles. The lowest BCUT2D eigenvalue weighted by molar-refractivity contribution is -0.139. The molecule has 0 bridgehead atoms. The van der Waals surface area contributed by atoms with E-state index in [1.807, 2.05) is 65.6 Å². The number of nitrogens with zero attached hydrogens (tertiary/aromatic N) is 3. The molecule has 2 fully saturated rings. The number of carbonyl (C=O) groups is 3. The molecule has 0 radical (unpaired) electrons. The third kappa shape index (κ3) is 4.98. The molecule has 178 valence electrons. The van der Waals surface area contributed by atoms with E-state index in [0.717, 1.165) is 11.3 Å². The summed E-state index contributed by atoms with van der Waals surface area (Å²) in [6.45, 7) is 5.40. The second-order valence-corrected chi connectivity index (χ2v) is 8.90. The molecule has 1 N–H and O–H groups in total. The molecular formula is C27H32N4O3. The molecule has 0 atom stereocenters. The third-order valence-electron chi connectivity index (χ3n) is 6.77. The van der Waals surface area contributed by atoms with E-state index in [9.17, 15) is 14.4 Å². The van der Waals surface area contributed by atoms with Crippen molar-refractivity contribution in [1.29, 1.82) is 0 Å². The highest BCUT2D eigenvalue weighted by molar-refractivity contribution is 5.96. The van der Waals surface area contributed by atoms with E-state index >= 15 is 0 Å². The van der Waals surface area contributed by atoms with Crippen molar-refractivity contribution in [3.63, 3.8) is 0 Å². The Morgan fingerprint density at radius 2 is 1.65 bits per heavy atom. The van der Waals surface area contributed by atoms with E-state index in [-0.39, 0.29) is 24.3 Å². The van der Waals surface area contributed by atoms with Crippen LogP contribution in [0.4, 0.5) is 5.69 Å². The van der Waals surface area contributed by atoms with Gasteiger partial charge < -0.3 is 20.0 Å². The van der Waals surface area contributed by atoms with E-state index in [1.54, 1.807) is 11.0 Å². The number of para-hydroxylation sites is 1. The Morgan fingerprint density at radius 1 is 1.00 bits per heavy atom. The van der Waals surface area contributed by atoms with Gasteiger partial charge in [0, 0.05) is 31.7 Å². The smallest absolute Gasteiger partial charge is 0.250 e. The fraction of sp³-hybridized carbons (Fsp3) is 0.370. The fourth-order valence-corrected chi connectivity index (χ4v) is 4.92. The van der Waals surface area contributed by atoms with Gasteiger partial charge in [0.05, 0.1) is 6.67 Å². The van der Waals surface area contributed by atoms with Crippen LogP contribution in [0.1, 0.15) is 24.8 Å². The number of piperidine rings is 1. The maximum absolute atomic E-state index is 13.6. The number of benzene rings is 2. The number of anilines is 1. The van der Waals surface area contributed by atoms with Crippen molar-refractivity contribution in [2.24, 2.45) is 0 Å². The minimum atomic E-state index is -0.740. The number of rotatable bonds is 8. The molecule has 0 unspecified atom stereocenters. The molecule has 2 saturated heterocycles. The van der Waals surface area contributed by atoms with E-state index < -0.39 is 5.54 Å². The van der Waals surface area contributed by atoms with Crippen molar-refractivity contribution in [2.45, 2.75) is 31.2 Å². The zero-order chi connectivity index (χ0) is 24.0. The van der Waals surface area contributed by atoms with Crippen LogP contribution in [0.5, 0.6) is 0 Å². The van der Waals surface area contributed by atoms with Crippen LogP contribution in [-0.2, 0) is 20.8 Å². The highest BCUT2D eigenvalue weighted by Gasteiger charge is 2.54. The molecule has 2 heterocycles. The number of nitrogens with one attached hydrogen (secondary N) is 1. The first kappa shape index (κ1) is 23.5. The van der Waals surface area contributed by atoms with Gasteiger partial charge in [-0.05, 0) is 37.0 Å². The summed E-state index contributed by atoms with van der Waals surface area (Å²) >= 11 is 0. The Balaban J connectivity index is 1.45. The van der Waals surface area contributed by atoms with Crippen LogP contribution in [0, 0.1) is 0 Å². The van der Waals surface area contributed by atoms with Crippen molar-refractivity contribution in [3.8, 4) is 0 Å². The lowest BCUT2D eigenvalue weighted by atomic mass is 9.85. The first-order valence-electron chi connectivity index (χ1n) is 11.8. The number of aryl methyl sites for hydroxylation is 1. The quantitative estimate of drug-likeness (QED) is 0.615. The Morgan fingerprint density at radius 3 is 2.29 bits per heavy atom. The minimum Gasteiger partial charge on any atom is -0.351 e. The monoisotopic (exact) mass is 460 g/mol. The lowest BCUT2D eigenvalue weighted by Crippen LogP contribution is -2.57. The molecule has 2 aliphatic rings. The van der Waals surface area contributed by atoms with Crippen molar-refractivity contribution in [3.05, 3.63) is 78.9 Å². The Bertz CT molecular complexity index is 1020. The van der Waals surface area contributed by atoms with E-state index in [1.165, 1.54) is 0 Å². The summed E-state index contributed by atoms with van der Waals surface area (Å²) in [5.41, 5.74) is 1.36. The highest BCUT2D eigenvalue weighted by Crippen LogP contribution is 2.39. The van der Waals surface area contributed by atoms with Crippen molar-refractivity contribution in [2.75, 3.05) is 37.7 Å². The number of amides is 3. The van der Waals surface area contributed by atoms with Gasteiger partial charge in [-0.25, -0.2) is 0 Å². The van der Waals surface area contributed by atoms with Crippen molar-refractivity contribution < 1.29 is 14.4 Å². The normalized spacial score (nSPS) is 17.2. The van der Waals surface area contributed by atoms with Crippen molar-refractivity contribution in [1.82, 2.24) is 15.1 Å². The molecule has 1 spiro atoms. The van der Waals surface area contributed by atoms with Crippen LogP contribution < -0.4 is 10.2 Å². The molecule has 3 amide bonds. The van der Waals surface area contributed by atoms with Crippen LogP contribution in [-0.4, -0.2) is 65.9 Å². The van der Waals surface area contributed by atoms with Gasteiger partial charge in [-0.1, -0.05) is 54.6 Å². The summed E-state index contributed by atoms with van der Waals surface area (Å²) in [6.07, 6.45) is 3.88. The molecular weight excluding hydrogens is 428 g/mol. The average Bonchev–Trinajstić information content (AvgIpc) is 3.13. The molecule has 0 aliphatic carbocycles. The van der Waals surface area contributed by atoms with Crippen molar-refractivity contribution >= 4 is 23.4 Å². The number of likely N-dealkylation sites (tertiary alicyclic amines) is 1. The molecule has 2 aromatic rings. The Kier molecular flexibility index (Phi) is 7.30. The summed E-state index contributed by atoms with van der Waals surface area (Å²) in [5.74, 6) is -0.121. The molecule has 2 aromatic carbocycles. The zero-order valence-electron chi connectivity index (χ0n) is 19.5. The van der Waals surface area contributed by atoms with E-state index in [2.05, 4.69) is 16.8 Å². The summed E-state index contributed by atoms with van der Waals surface area (Å²) in [4.78, 5) is 44.5. The molecule has 0 aromatic heterocycles. The predicted molar refractivity (Wildman–Crippen MR) is 132 cm³/mol. The second-order valence-electron chi connectivity index (χ2n) is 8.90. The van der Waals surface area contributed by atoms with Gasteiger partial charge in [0.15, 0.2) is 0 Å². The Hall–Kier alpha value is -3.61. The van der Waals surface area contributed by atoms with Crippen LogP contribution in [0.3, 0.4) is 0 Å². The van der Waals surface area contributed by atoms with Gasteiger partial charge in [-0.3, -0.25) is 14.4 Å². The molecule has 7 heteroatoms. The zero-order valence-corrected chi connectivity index (χ0v) is 19.5. The molecule has 7 nitrogen and oxygen atoms in total. The number of hydrogen-bond donors (Lipinski definition) is 1. The lowest BCUT2D eigenvalue weighted by Gasteiger charge is -2.43. The van der Waals surface area contributed by atoms with Crippen LogP contribution in [0.2, 0.25) is 0 Å². The maximum Gasteiger partial charge on any atom is 0.250 e. The van der Waals surface area contributed by atoms with Crippen LogP contribution in [0.25, 0.3) is 0 Å². The summed E-state index contributed by atoms with van der Waals surface area (Å²) in [6, 6.07) is 19.9. The summed E-state index contributed by atoms with van der Waals surface area (Å²) < 4.78 is 0. The minimum absolute atomic E-state index is 0.0114. The number of carbonyl (C=O) groups excluding carboxylic acids is 3. The SMILES string of the molecule is C=CCNC(=O)CN1CN(c2ccccc2)C2(CCN(C(=O)CCc3ccccc3)CC2)C1=O. The summed E-state index contributed by atoms with van der Waals surface area (Å²) in [5, 5.41) is 2.75. The number of hydrogen-bond acceptors (Lipinski definition) is 4. The van der Waals surface area contributed by atoms with E-state index in [4.69, 9.17) is 0 Å². The largest absolute Gasteiger partial charge is 0.351 e. The Labute approximate surface area is 201 Å². The van der Waals surface area contributed by atoms with Gasteiger partial charge >= 0.3 is 0 Å². The first-order valence-corrected chi connectivity index (χ1v) is 11.8. The third-order valence-corrected chi connectivity index (χ3v) is 6.77. The van der Waals surface area contributed by atoms with Gasteiger partial charge in [0.2, 0.25) is 11.8 Å². The molecule has 34 heavy (non-hydrogen) atoms. The summed E-state index contributed by atoms with van der Waals surface area (Å²) in [7, 11) is 0. The predicted octanol–water partition coefficient (Wildman–Crippen LogP) is 2.59. The standard InChI is InChI=1S/C27H32N4O3/c1-2-17-28-24(32)20-30-21-31(23-11-7-4-8-12-23)27(26(30)34)15-18-29(19-16-27)25(33)14-13-22-9-5-3-6-10-22/h2-12H,1,13-21H2,(H,28,32). The maximum atomic E-state index is 13.6. The van der Waals surface area contributed by atoms with Crippen LogP contribution >= 0.6 is 0 Å². The van der Waals surface area contributed by atoms with Gasteiger partial charge in [0.25, 0.3) is 5.91 Å². The van der Waals surface area contributed by atoms with E-state index in [0.29, 0.717) is 52.0 Å². The average molecular weight is 461 g/mol. The van der Waals surface area contributed by atoms with Crippen LogP contribution in [0.15, 0.2) is 73.3 Å². The topological polar surface area (TPSA) is 73.0 Å². The first-order chi connectivity index (χ1) is 16.5.